The summed E-state index contributed by atoms with van der Waals surface area (Å²) in [6.45, 7) is 2.90. The van der Waals surface area contributed by atoms with Gasteiger partial charge in [-0.05, 0) is 24.1 Å². The average molecular weight is 315 g/mol. The quantitative estimate of drug-likeness (QED) is 0.873. The summed E-state index contributed by atoms with van der Waals surface area (Å²) >= 11 is 5.63. The van der Waals surface area contributed by atoms with E-state index in [0.717, 1.165) is 6.07 Å². The van der Waals surface area contributed by atoms with Crippen LogP contribution in [0.3, 0.4) is 0 Å². The molecule has 0 aliphatic carbocycles. The normalized spacial score (nSPS) is 17.1. The van der Waals surface area contributed by atoms with E-state index in [9.17, 15) is 14.0 Å². The summed E-state index contributed by atoms with van der Waals surface area (Å²) in [5.41, 5.74) is 0.0837. The van der Waals surface area contributed by atoms with Crippen LogP contribution in [0.25, 0.3) is 0 Å². The topological polar surface area (TPSA) is 69.6 Å². The Morgan fingerprint density at radius 3 is 2.76 bits per heavy atom. The molecule has 2 N–H and O–H groups in total. The number of likely N-dealkylation sites (tertiary alicyclic amines) is 1. The molecular weight excluding hydrogens is 299 g/mol. The zero-order valence-corrected chi connectivity index (χ0v) is 12.2. The molecule has 0 radical (unpaired) electrons. The van der Waals surface area contributed by atoms with Crippen molar-refractivity contribution in [2.45, 2.75) is 6.92 Å². The third-order valence-electron chi connectivity index (χ3n) is 3.65. The Hall–Kier alpha value is -1.66. The highest BCUT2D eigenvalue weighted by molar-refractivity contribution is 6.30. The van der Waals surface area contributed by atoms with Crippen molar-refractivity contribution in [2.75, 3.05) is 25.0 Å². The molecular formula is C14H16ClFN2O3. The number of nitrogens with zero attached hydrogens (tertiary/aromatic N) is 1. The molecule has 0 saturated carbocycles. The van der Waals surface area contributed by atoms with E-state index in [2.05, 4.69) is 5.32 Å². The van der Waals surface area contributed by atoms with Gasteiger partial charge in [-0.1, -0.05) is 18.5 Å². The number of benzene rings is 1. The third-order valence-corrected chi connectivity index (χ3v) is 3.89. The van der Waals surface area contributed by atoms with Gasteiger partial charge in [0.1, 0.15) is 5.82 Å². The Morgan fingerprint density at radius 2 is 2.19 bits per heavy atom. The maximum Gasteiger partial charge on any atom is 0.306 e. The number of halogens is 2. The molecule has 1 aliphatic heterocycles. The Morgan fingerprint density at radius 1 is 1.52 bits per heavy atom. The predicted molar refractivity (Wildman–Crippen MR) is 76.8 cm³/mol. The number of nitrogens with one attached hydrogen (secondary N) is 1. The zero-order chi connectivity index (χ0) is 15.6. The first kappa shape index (κ1) is 15.7. The maximum absolute atomic E-state index is 13.5. The maximum atomic E-state index is 13.5. The van der Waals surface area contributed by atoms with Gasteiger partial charge in [-0.3, -0.25) is 14.5 Å². The number of aliphatic carboxylic acids is 1. The molecule has 0 spiro atoms. The summed E-state index contributed by atoms with van der Waals surface area (Å²) in [5.74, 6) is -2.11. The molecule has 1 saturated heterocycles. The van der Waals surface area contributed by atoms with Crippen LogP contribution in [0, 0.1) is 17.7 Å². The highest BCUT2D eigenvalue weighted by atomic mass is 35.5. The molecule has 1 fully saturated rings. The smallest absolute Gasteiger partial charge is 0.306 e. The van der Waals surface area contributed by atoms with Crippen molar-refractivity contribution in [1.82, 2.24) is 4.90 Å². The van der Waals surface area contributed by atoms with Crippen molar-refractivity contribution in [3.8, 4) is 0 Å². The van der Waals surface area contributed by atoms with Crippen LogP contribution in [-0.2, 0) is 9.59 Å². The average Bonchev–Trinajstić information content (AvgIpc) is 2.36. The van der Waals surface area contributed by atoms with E-state index in [1.807, 2.05) is 4.90 Å². The fourth-order valence-corrected chi connectivity index (χ4v) is 2.40. The number of carbonyl (C=O) groups is 2. The lowest BCUT2D eigenvalue weighted by molar-refractivity contribution is -0.145. The number of hydrogen-bond donors (Lipinski definition) is 2. The van der Waals surface area contributed by atoms with E-state index >= 15 is 0 Å². The number of amides is 1. The Bertz CT molecular complexity index is 561. The van der Waals surface area contributed by atoms with Gasteiger partial charge in [-0.15, -0.1) is 0 Å². The summed E-state index contributed by atoms with van der Waals surface area (Å²) in [4.78, 5) is 24.4. The van der Waals surface area contributed by atoms with Crippen molar-refractivity contribution < 1.29 is 19.1 Å². The van der Waals surface area contributed by atoms with E-state index < -0.39 is 17.7 Å². The molecule has 0 bridgehead atoms. The van der Waals surface area contributed by atoms with Crippen LogP contribution in [0.2, 0.25) is 5.02 Å². The monoisotopic (exact) mass is 314 g/mol. The Labute approximate surface area is 126 Å². The first-order valence-electron chi connectivity index (χ1n) is 6.57. The number of rotatable bonds is 5. The first-order valence-corrected chi connectivity index (χ1v) is 6.94. The fraction of sp³-hybridized carbons (Fsp3) is 0.429. The lowest BCUT2D eigenvalue weighted by Crippen LogP contribution is -2.53. The summed E-state index contributed by atoms with van der Waals surface area (Å²) in [6.07, 6.45) is 0. The van der Waals surface area contributed by atoms with Gasteiger partial charge in [0.05, 0.1) is 18.2 Å². The summed E-state index contributed by atoms with van der Waals surface area (Å²) in [6, 6.07) is 4.03. The lowest BCUT2D eigenvalue weighted by atomic mass is 9.87. The molecule has 1 amide bonds. The zero-order valence-electron chi connectivity index (χ0n) is 11.5. The van der Waals surface area contributed by atoms with Crippen LogP contribution in [-0.4, -0.2) is 41.5 Å². The second-order valence-corrected chi connectivity index (χ2v) is 5.69. The summed E-state index contributed by atoms with van der Waals surface area (Å²) in [5, 5.41) is 11.6. The van der Waals surface area contributed by atoms with Crippen LogP contribution in [0.1, 0.15) is 6.92 Å². The van der Waals surface area contributed by atoms with E-state index in [0.29, 0.717) is 13.1 Å². The van der Waals surface area contributed by atoms with Crippen molar-refractivity contribution in [3.05, 3.63) is 29.0 Å². The van der Waals surface area contributed by atoms with Crippen molar-refractivity contribution >= 4 is 29.2 Å². The van der Waals surface area contributed by atoms with Gasteiger partial charge in [0, 0.05) is 18.1 Å². The van der Waals surface area contributed by atoms with Gasteiger partial charge in [-0.2, -0.15) is 0 Å². The molecule has 0 aromatic heterocycles. The minimum absolute atomic E-state index is 0.0579. The fourth-order valence-electron chi connectivity index (χ4n) is 2.24. The van der Waals surface area contributed by atoms with Gasteiger partial charge >= 0.3 is 5.97 Å². The van der Waals surface area contributed by atoms with Crippen LogP contribution in [0.5, 0.6) is 0 Å². The number of carboxylic acid groups (broad SMARTS) is 1. The van der Waals surface area contributed by atoms with Crippen LogP contribution < -0.4 is 5.32 Å². The van der Waals surface area contributed by atoms with E-state index in [1.165, 1.54) is 12.1 Å². The number of carbonyl (C=O) groups excluding carboxylic acids is 1. The molecule has 7 heteroatoms. The number of anilines is 1. The third kappa shape index (κ3) is 3.92. The molecule has 1 aromatic rings. The molecule has 1 unspecified atom stereocenters. The summed E-state index contributed by atoms with van der Waals surface area (Å²) in [7, 11) is 0. The van der Waals surface area contributed by atoms with Crippen molar-refractivity contribution in [1.29, 1.82) is 0 Å². The SMILES string of the molecule is CC(C(=O)O)C1CN(CC(=O)Nc2ccc(Cl)cc2F)C1. The Kier molecular flexibility index (Phi) is 4.80. The molecule has 1 aliphatic rings. The molecule has 114 valence electrons. The number of hydrogen-bond acceptors (Lipinski definition) is 3. The predicted octanol–water partition coefficient (Wildman–Crippen LogP) is 2.07. The van der Waals surface area contributed by atoms with Gasteiger partial charge < -0.3 is 10.4 Å². The van der Waals surface area contributed by atoms with Gasteiger partial charge in [0.2, 0.25) is 5.91 Å². The number of carboxylic acids is 1. The molecule has 21 heavy (non-hydrogen) atoms. The van der Waals surface area contributed by atoms with Gasteiger partial charge in [0.25, 0.3) is 0 Å². The second-order valence-electron chi connectivity index (χ2n) is 5.25. The van der Waals surface area contributed by atoms with Crippen molar-refractivity contribution in [3.63, 3.8) is 0 Å². The van der Waals surface area contributed by atoms with Gasteiger partial charge in [-0.25, -0.2) is 4.39 Å². The van der Waals surface area contributed by atoms with Crippen LogP contribution in [0.15, 0.2) is 18.2 Å². The molecule has 5 nitrogen and oxygen atoms in total. The molecule has 1 aromatic carbocycles. The second kappa shape index (κ2) is 6.41. The van der Waals surface area contributed by atoms with Crippen molar-refractivity contribution in [2.24, 2.45) is 11.8 Å². The van der Waals surface area contributed by atoms with Gasteiger partial charge in [0.15, 0.2) is 0 Å². The Balaban J connectivity index is 1.80. The van der Waals surface area contributed by atoms with E-state index in [-0.39, 0.29) is 29.1 Å². The highest BCUT2D eigenvalue weighted by Gasteiger charge is 2.35. The minimum atomic E-state index is -0.827. The van der Waals surface area contributed by atoms with E-state index in [1.54, 1.807) is 6.92 Å². The van der Waals surface area contributed by atoms with E-state index in [4.69, 9.17) is 16.7 Å². The first-order chi connectivity index (χ1) is 9.86. The van der Waals surface area contributed by atoms with Crippen LogP contribution in [0.4, 0.5) is 10.1 Å². The largest absolute Gasteiger partial charge is 0.481 e. The lowest BCUT2D eigenvalue weighted by Gasteiger charge is -2.40. The molecule has 1 atom stereocenters. The summed E-state index contributed by atoms with van der Waals surface area (Å²) < 4.78 is 13.5. The molecule has 1 heterocycles. The highest BCUT2D eigenvalue weighted by Crippen LogP contribution is 2.24. The minimum Gasteiger partial charge on any atom is -0.481 e. The molecule has 2 rings (SSSR count). The standard InChI is InChI=1S/C14H16ClFN2O3/c1-8(14(20)21)9-5-18(6-9)7-13(19)17-12-3-2-10(15)4-11(12)16/h2-4,8-9H,5-7H2,1H3,(H,17,19)(H,20,21). The van der Waals surface area contributed by atoms with Crippen LogP contribution >= 0.6 is 11.6 Å².